The van der Waals surface area contributed by atoms with Gasteiger partial charge in [-0.25, -0.2) is 4.98 Å². The Morgan fingerprint density at radius 2 is 2.17 bits per heavy atom. The first kappa shape index (κ1) is 13.3. The van der Waals surface area contributed by atoms with Crippen molar-refractivity contribution >= 4 is 5.82 Å². The summed E-state index contributed by atoms with van der Waals surface area (Å²) in [5.41, 5.74) is 1.04. The van der Waals surface area contributed by atoms with Crippen molar-refractivity contribution in [1.82, 2.24) is 15.3 Å². The molecule has 0 amide bonds. The van der Waals surface area contributed by atoms with Gasteiger partial charge in [-0.15, -0.1) is 0 Å². The van der Waals surface area contributed by atoms with Gasteiger partial charge in [0.2, 0.25) is 0 Å². The zero-order valence-corrected chi connectivity index (χ0v) is 11.7. The molecule has 1 aromatic heterocycles. The first-order chi connectivity index (χ1) is 8.74. The van der Waals surface area contributed by atoms with Crippen molar-refractivity contribution in [3.05, 3.63) is 18.1 Å². The van der Waals surface area contributed by atoms with Gasteiger partial charge >= 0.3 is 0 Å². The first-order valence-corrected chi connectivity index (χ1v) is 7.01. The summed E-state index contributed by atoms with van der Waals surface area (Å²) in [5.74, 6) is 1.06. The van der Waals surface area contributed by atoms with Crippen LogP contribution in [0.15, 0.2) is 12.4 Å². The monoisotopic (exact) mass is 248 g/mol. The highest BCUT2D eigenvalue weighted by molar-refractivity contribution is 5.44. The lowest BCUT2D eigenvalue weighted by Gasteiger charge is -2.40. The van der Waals surface area contributed by atoms with Crippen LogP contribution in [0.4, 0.5) is 5.82 Å². The molecule has 1 aromatic rings. The van der Waals surface area contributed by atoms with E-state index in [-0.39, 0.29) is 0 Å². The van der Waals surface area contributed by atoms with E-state index in [0.29, 0.717) is 12.1 Å². The largest absolute Gasteiger partial charge is 0.351 e. The predicted octanol–water partition coefficient (Wildman–Crippen LogP) is 2.14. The molecular formula is C14H24N4. The van der Waals surface area contributed by atoms with Gasteiger partial charge in [0.25, 0.3) is 0 Å². The summed E-state index contributed by atoms with van der Waals surface area (Å²) >= 11 is 0. The number of hydrogen-bond donors (Lipinski definition) is 1. The van der Waals surface area contributed by atoms with E-state index >= 15 is 0 Å². The zero-order chi connectivity index (χ0) is 13.0. The molecule has 4 heteroatoms. The number of hydrogen-bond acceptors (Lipinski definition) is 4. The van der Waals surface area contributed by atoms with Gasteiger partial charge in [0, 0.05) is 31.0 Å². The third kappa shape index (κ3) is 2.80. The van der Waals surface area contributed by atoms with Gasteiger partial charge in [0.1, 0.15) is 5.82 Å². The van der Waals surface area contributed by atoms with Crippen molar-refractivity contribution in [2.24, 2.45) is 0 Å². The molecule has 2 rings (SSSR count). The Kier molecular flexibility index (Phi) is 4.53. The van der Waals surface area contributed by atoms with Crippen LogP contribution in [0, 0.1) is 6.92 Å². The molecule has 0 radical (unpaired) electrons. The summed E-state index contributed by atoms with van der Waals surface area (Å²) in [7, 11) is 0. The van der Waals surface area contributed by atoms with Crippen molar-refractivity contribution in [1.29, 1.82) is 0 Å². The van der Waals surface area contributed by atoms with Crippen LogP contribution in [0.1, 0.15) is 38.8 Å². The Morgan fingerprint density at radius 3 is 2.89 bits per heavy atom. The molecule has 0 bridgehead atoms. The summed E-state index contributed by atoms with van der Waals surface area (Å²) in [4.78, 5) is 11.3. The topological polar surface area (TPSA) is 41.0 Å². The van der Waals surface area contributed by atoms with Crippen molar-refractivity contribution in [3.63, 3.8) is 0 Å². The highest BCUT2D eigenvalue weighted by Crippen LogP contribution is 2.26. The van der Waals surface area contributed by atoms with Gasteiger partial charge in [-0.2, -0.15) is 0 Å². The Bertz CT molecular complexity index is 380. The molecule has 1 fully saturated rings. The lowest BCUT2D eigenvalue weighted by molar-refractivity contribution is 0.369. The maximum atomic E-state index is 4.53. The molecule has 100 valence electrons. The number of nitrogens with one attached hydrogen (secondary N) is 1. The minimum absolute atomic E-state index is 0.497. The van der Waals surface area contributed by atoms with Gasteiger partial charge in [-0.3, -0.25) is 4.98 Å². The first-order valence-electron chi connectivity index (χ1n) is 7.01. The number of anilines is 1. The number of rotatable bonds is 4. The molecule has 1 aliphatic rings. The lowest BCUT2D eigenvalue weighted by atomic mass is 9.96. The normalized spacial score (nSPS) is 21.9. The van der Waals surface area contributed by atoms with Crippen molar-refractivity contribution < 1.29 is 0 Å². The average molecular weight is 248 g/mol. The van der Waals surface area contributed by atoms with E-state index < -0.39 is 0 Å². The number of aromatic nitrogens is 2. The molecule has 2 unspecified atom stereocenters. The summed E-state index contributed by atoms with van der Waals surface area (Å²) in [6.07, 6.45) is 7.38. The van der Waals surface area contributed by atoms with E-state index in [1.165, 1.54) is 19.3 Å². The zero-order valence-electron chi connectivity index (χ0n) is 11.7. The highest BCUT2D eigenvalue weighted by Gasteiger charge is 2.28. The van der Waals surface area contributed by atoms with Gasteiger partial charge < -0.3 is 10.2 Å². The third-order valence-electron chi connectivity index (χ3n) is 3.78. The molecule has 1 saturated heterocycles. The second-order valence-corrected chi connectivity index (χ2v) is 5.07. The molecule has 1 aliphatic heterocycles. The molecule has 0 saturated carbocycles. The maximum absolute atomic E-state index is 4.53. The summed E-state index contributed by atoms with van der Waals surface area (Å²) in [6, 6.07) is 1.03. The molecule has 0 aliphatic carbocycles. The van der Waals surface area contributed by atoms with Gasteiger partial charge in [-0.05, 0) is 39.7 Å². The molecule has 18 heavy (non-hydrogen) atoms. The van der Waals surface area contributed by atoms with E-state index in [4.69, 9.17) is 0 Å². The van der Waals surface area contributed by atoms with E-state index in [2.05, 4.69) is 34.0 Å². The number of likely N-dealkylation sites (N-methyl/N-ethyl adjacent to an activating group) is 1. The molecule has 1 N–H and O–H groups in total. The fraction of sp³-hybridized carbons (Fsp3) is 0.714. The fourth-order valence-corrected chi connectivity index (χ4v) is 2.88. The number of piperidine rings is 1. The Balaban J connectivity index is 2.20. The second kappa shape index (κ2) is 6.14. The van der Waals surface area contributed by atoms with Gasteiger partial charge in [0.05, 0.1) is 5.69 Å². The van der Waals surface area contributed by atoms with Crippen LogP contribution in [0.5, 0.6) is 0 Å². The van der Waals surface area contributed by atoms with Crippen LogP contribution in [0.3, 0.4) is 0 Å². The highest BCUT2D eigenvalue weighted by atomic mass is 15.2. The predicted molar refractivity (Wildman–Crippen MR) is 74.9 cm³/mol. The standard InChI is InChI=1S/C14H24N4/c1-4-15-11(2)13-7-5-6-10-18(13)14-12(3)16-8-9-17-14/h8-9,11,13,15H,4-7,10H2,1-3H3. The molecule has 2 heterocycles. The number of nitrogens with zero attached hydrogens (tertiary/aromatic N) is 3. The van der Waals surface area contributed by atoms with Crippen molar-refractivity contribution in [2.45, 2.75) is 52.1 Å². The van der Waals surface area contributed by atoms with Crippen molar-refractivity contribution in [2.75, 3.05) is 18.0 Å². The average Bonchev–Trinajstić information content (AvgIpc) is 2.40. The van der Waals surface area contributed by atoms with Crippen LogP contribution >= 0.6 is 0 Å². The fourth-order valence-electron chi connectivity index (χ4n) is 2.88. The molecule has 0 aromatic carbocycles. The summed E-state index contributed by atoms with van der Waals surface area (Å²) in [6.45, 7) is 8.60. The van der Waals surface area contributed by atoms with Crippen molar-refractivity contribution in [3.8, 4) is 0 Å². The summed E-state index contributed by atoms with van der Waals surface area (Å²) in [5, 5.41) is 3.54. The van der Waals surface area contributed by atoms with Crippen LogP contribution in [0.25, 0.3) is 0 Å². The van der Waals surface area contributed by atoms with Crippen LogP contribution in [0.2, 0.25) is 0 Å². The van der Waals surface area contributed by atoms with Gasteiger partial charge in [-0.1, -0.05) is 6.92 Å². The summed E-state index contributed by atoms with van der Waals surface area (Å²) < 4.78 is 0. The quantitative estimate of drug-likeness (QED) is 0.886. The third-order valence-corrected chi connectivity index (χ3v) is 3.78. The van der Waals surface area contributed by atoms with E-state index in [0.717, 1.165) is 24.6 Å². The molecule has 0 spiro atoms. The smallest absolute Gasteiger partial charge is 0.150 e. The minimum atomic E-state index is 0.497. The Hall–Kier alpha value is -1.16. The van der Waals surface area contributed by atoms with E-state index in [9.17, 15) is 0 Å². The number of aryl methyl sites for hydroxylation is 1. The van der Waals surface area contributed by atoms with Gasteiger partial charge in [0.15, 0.2) is 0 Å². The van der Waals surface area contributed by atoms with E-state index in [1.54, 1.807) is 12.4 Å². The minimum Gasteiger partial charge on any atom is -0.351 e. The van der Waals surface area contributed by atoms with E-state index in [1.807, 2.05) is 6.92 Å². The Labute approximate surface area is 110 Å². The SMILES string of the molecule is CCNC(C)C1CCCCN1c1nccnc1C. The van der Waals surface area contributed by atoms with Crippen LogP contribution < -0.4 is 10.2 Å². The second-order valence-electron chi connectivity index (χ2n) is 5.07. The molecule has 2 atom stereocenters. The Morgan fingerprint density at radius 1 is 1.39 bits per heavy atom. The molecular weight excluding hydrogens is 224 g/mol. The van der Waals surface area contributed by atoms with Crippen LogP contribution in [-0.2, 0) is 0 Å². The lowest BCUT2D eigenvalue weighted by Crippen LogP contribution is -2.51. The maximum Gasteiger partial charge on any atom is 0.150 e. The van der Waals surface area contributed by atoms with Crippen LogP contribution in [-0.4, -0.2) is 35.1 Å². The molecule has 4 nitrogen and oxygen atoms in total.